The molecule has 18 heavy (non-hydrogen) atoms. The number of ether oxygens (including phenoxy) is 1. The molecule has 1 aromatic heterocycles. The number of nitrogens with zero attached hydrogens (tertiary/aromatic N) is 1. The lowest BCUT2D eigenvalue weighted by Crippen LogP contribution is -2.30. The maximum atomic E-state index is 11.5. The van der Waals surface area contributed by atoms with Gasteiger partial charge in [0, 0.05) is 11.8 Å². The van der Waals surface area contributed by atoms with Crippen LogP contribution in [0.2, 0.25) is 0 Å². The molecule has 0 bridgehead atoms. The van der Waals surface area contributed by atoms with Gasteiger partial charge in [0.15, 0.2) is 5.69 Å². The van der Waals surface area contributed by atoms with Crippen LogP contribution in [0, 0.1) is 5.92 Å². The number of esters is 1. The molecule has 2 rings (SSSR count). The molecule has 1 aliphatic heterocycles. The molecule has 0 aliphatic carbocycles. The van der Waals surface area contributed by atoms with Crippen molar-refractivity contribution in [2.75, 3.05) is 19.7 Å². The molecule has 1 saturated heterocycles. The first kappa shape index (κ1) is 15.4. The first-order valence-corrected chi connectivity index (χ1v) is 6.99. The third kappa shape index (κ3) is 4.23. The second kappa shape index (κ2) is 7.71. The van der Waals surface area contributed by atoms with E-state index in [1.54, 1.807) is 23.6 Å². The fraction of sp³-hybridized carbons (Fsp3) is 0.667. The Kier molecular flexibility index (Phi) is 6.60. The van der Waals surface area contributed by atoms with E-state index in [1.807, 2.05) is 0 Å². The molecule has 0 amide bonds. The van der Waals surface area contributed by atoms with Gasteiger partial charge in [-0.15, -0.1) is 23.7 Å². The van der Waals surface area contributed by atoms with Crippen LogP contribution in [0.3, 0.4) is 0 Å². The van der Waals surface area contributed by atoms with Crippen LogP contribution in [-0.2, 0) is 11.2 Å². The van der Waals surface area contributed by atoms with Crippen LogP contribution in [0.4, 0.5) is 0 Å². The normalized spacial score (nSPS) is 19.1. The number of thiazole rings is 1. The number of carbonyl (C=O) groups excluding carboxylic acids is 1. The monoisotopic (exact) mass is 290 g/mol. The minimum atomic E-state index is -0.309. The van der Waals surface area contributed by atoms with E-state index in [0.29, 0.717) is 18.2 Å². The number of nitrogens with one attached hydrogen (secondary N) is 1. The van der Waals surface area contributed by atoms with E-state index in [9.17, 15) is 4.79 Å². The molecule has 102 valence electrons. The molecule has 2 heterocycles. The molecule has 1 aliphatic rings. The van der Waals surface area contributed by atoms with Crippen molar-refractivity contribution in [3.63, 3.8) is 0 Å². The topological polar surface area (TPSA) is 51.2 Å². The third-order valence-corrected chi connectivity index (χ3v) is 3.77. The fourth-order valence-corrected chi connectivity index (χ4v) is 2.93. The molecule has 0 radical (unpaired) electrons. The first-order chi connectivity index (χ1) is 8.29. The van der Waals surface area contributed by atoms with Crippen LogP contribution in [0.1, 0.15) is 35.3 Å². The van der Waals surface area contributed by atoms with E-state index >= 15 is 0 Å². The summed E-state index contributed by atoms with van der Waals surface area (Å²) < 4.78 is 4.92. The number of halogens is 1. The Morgan fingerprint density at radius 2 is 2.50 bits per heavy atom. The summed E-state index contributed by atoms with van der Waals surface area (Å²) in [6.45, 7) is 4.40. The predicted molar refractivity (Wildman–Crippen MR) is 74.6 cm³/mol. The fourth-order valence-electron chi connectivity index (χ4n) is 2.05. The van der Waals surface area contributed by atoms with Crippen LogP contribution in [0.15, 0.2) is 5.38 Å². The van der Waals surface area contributed by atoms with Crippen molar-refractivity contribution < 1.29 is 9.53 Å². The Bertz CT molecular complexity index is 378. The van der Waals surface area contributed by atoms with Gasteiger partial charge >= 0.3 is 5.97 Å². The SMILES string of the molecule is CCOC(=O)c1csc(CC2CCCNC2)n1.Cl. The van der Waals surface area contributed by atoms with E-state index in [2.05, 4.69) is 10.3 Å². The maximum absolute atomic E-state index is 11.5. The second-order valence-electron chi connectivity index (χ2n) is 4.26. The lowest BCUT2D eigenvalue weighted by molar-refractivity contribution is 0.0520. The Hall–Kier alpha value is -0.650. The maximum Gasteiger partial charge on any atom is 0.357 e. The highest BCUT2D eigenvalue weighted by atomic mass is 35.5. The van der Waals surface area contributed by atoms with Gasteiger partial charge in [0.25, 0.3) is 0 Å². The Balaban J connectivity index is 0.00000162. The summed E-state index contributed by atoms with van der Waals surface area (Å²) in [7, 11) is 0. The lowest BCUT2D eigenvalue weighted by atomic mass is 9.97. The van der Waals surface area contributed by atoms with E-state index < -0.39 is 0 Å². The zero-order chi connectivity index (χ0) is 12.1. The van der Waals surface area contributed by atoms with Gasteiger partial charge in [-0.3, -0.25) is 0 Å². The van der Waals surface area contributed by atoms with Crippen molar-refractivity contribution in [2.45, 2.75) is 26.2 Å². The molecule has 1 fully saturated rings. The number of carbonyl (C=O) groups is 1. The van der Waals surface area contributed by atoms with Crippen LogP contribution < -0.4 is 5.32 Å². The number of rotatable bonds is 4. The average Bonchev–Trinajstić information content (AvgIpc) is 2.79. The van der Waals surface area contributed by atoms with Gasteiger partial charge in [-0.25, -0.2) is 9.78 Å². The zero-order valence-electron chi connectivity index (χ0n) is 10.5. The number of hydrogen-bond donors (Lipinski definition) is 1. The van der Waals surface area contributed by atoms with Gasteiger partial charge in [-0.2, -0.15) is 0 Å². The minimum Gasteiger partial charge on any atom is -0.461 e. The highest BCUT2D eigenvalue weighted by Crippen LogP contribution is 2.19. The van der Waals surface area contributed by atoms with Gasteiger partial charge in [-0.05, 0) is 38.8 Å². The Labute approximate surface area is 118 Å². The molecular formula is C12H19ClN2O2S. The average molecular weight is 291 g/mol. The minimum absolute atomic E-state index is 0. The summed E-state index contributed by atoms with van der Waals surface area (Å²) in [5.74, 6) is 0.349. The van der Waals surface area contributed by atoms with Crippen LogP contribution >= 0.6 is 23.7 Å². The van der Waals surface area contributed by atoms with Crippen molar-refractivity contribution in [3.8, 4) is 0 Å². The number of aromatic nitrogens is 1. The number of piperidine rings is 1. The first-order valence-electron chi connectivity index (χ1n) is 6.12. The van der Waals surface area contributed by atoms with E-state index in [0.717, 1.165) is 24.5 Å². The van der Waals surface area contributed by atoms with Crippen LogP contribution in [0.5, 0.6) is 0 Å². The molecule has 4 nitrogen and oxygen atoms in total. The van der Waals surface area contributed by atoms with Gasteiger partial charge in [0.2, 0.25) is 0 Å². The van der Waals surface area contributed by atoms with Crippen molar-refractivity contribution in [1.82, 2.24) is 10.3 Å². The molecule has 0 spiro atoms. The van der Waals surface area contributed by atoms with Crippen molar-refractivity contribution in [1.29, 1.82) is 0 Å². The smallest absolute Gasteiger partial charge is 0.357 e. The van der Waals surface area contributed by atoms with E-state index in [-0.39, 0.29) is 18.4 Å². The van der Waals surface area contributed by atoms with Gasteiger partial charge in [0.05, 0.1) is 11.6 Å². The molecule has 1 N–H and O–H groups in total. The molecule has 1 aromatic rings. The molecular weight excluding hydrogens is 272 g/mol. The van der Waals surface area contributed by atoms with Gasteiger partial charge in [-0.1, -0.05) is 0 Å². The largest absolute Gasteiger partial charge is 0.461 e. The summed E-state index contributed by atoms with van der Waals surface area (Å²) >= 11 is 1.56. The van der Waals surface area contributed by atoms with E-state index in [4.69, 9.17) is 4.74 Å². The quantitative estimate of drug-likeness (QED) is 0.865. The van der Waals surface area contributed by atoms with Crippen LogP contribution in [0.25, 0.3) is 0 Å². The predicted octanol–water partition coefficient (Wildman–Crippen LogP) is 2.28. The molecule has 0 aromatic carbocycles. The summed E-state index contributed by atoms with van der Waals surface area (Å²) in [5, 5.41) is 6.23. The Morgan fingerprint density at radius 3 is 3.17 bits per heavy atom. The Morgan fingerprint density at radius 1 is 1.67 bits per heavy atom. The standard InChI is InChI=1S/C12H18N2O2S.ClH/c1-2-16-12(15)10-8-17-11(14-10)6-9-4-3-5-13-7-9;/h8-9,13H,2-7H2,1H3;1H. The molecule has 1 unspecified atom stereocenters. The van der Waals surface area contributed by atoms with Gasteiger partial charge in [0.1, 0.15) is 0 Å². The van der Waals surface area contributed by atoms with Crippen molar-refractivity contribution in [2.24, 2.45) is 5.92 Å². The molecule has 1 atom stereocenters. The highest BCUT2D eigenvalue weighted by Gasteiger charge is 2.17. The van der Waals surface area contributed by atoms with Crippen molar-refractivity contribution in [3.05, 3.63) is 16.1 Å². The zero-order valence-corrected chi connectivity index (χ0v) is 12.1. The molecule has 6 heteroatoms. The van der Waals surface area contributed by atoms with Crippen molar-refractivity contribution >= 4 is 29.7 Å². The lowest BCUT2D eigenvalue weighted by Gasteiger charge is -2.21. The van der Waals surface area contributed by atoms with E-state index in [1.165, 1.54) is 12.8 Å². The van der Waals surface area contributed by atoms with Gasteiger partial charge < -0.3 is 10.1 Å². The molecule has 0 saturated carbocycles. The summed E-state index contributed by atoms with van der Waals surface area (Å²) in [6, 6.07) is 0. The summed E-state index contributed by atoms with van der Waals surface area (Å²) in [5.41, 5.74) is 0.454. The van der Waals surface area contributed by atoms with Crippen LogP contribution in [-0.4, -0.2) is 30.6 Å². The second-order valence-corrected chi connectivity index (χ2v) is 5.21. The summed E-state index contributed by atoms with van der Waals surface area (Å²) in [4.78, 5) is 15.8. The highest BCUT2D eigenvalue weighted by molar-refractivity contribution is 7.09. The number of hydrogen-bond acceptors (Lipinski definition) is 5. The third-order valence-electron chi connectivity index (χ3n) is 2.90. The summed E-state index contributed by atoms with van der Waals surface area (Å²) in [6.07, 6.45) is 3.46.